The molecule has 0 bridgehead atoms. The lowest BCUT2D eigenvalue weighted by Crippen LogP contribution is -2.38. The zero-order valence-electron chi connectivity index (χ0n) is 16.6. The molecule has 0 fully saturated rings. The Morgan fingerprint density at radius 2 is 1.97 bits per heavy atom. The van der Waals surface area contributed by atoms with E-state index in [-0.39, 0.29) is 24.8 Å². The number of carbonyl (C=O) groups is 3. The van der Waals surface area contributed by atoms with E-state index in [1.807, 2.05) is 0 Å². The summed E-state index contributed by atoms with van der Waals surface area (Å²) in [5, 5.41) is 2.64. The monoisotopic (exact) mass is 402 g/mol. The molecule has 3 rings (SSSR count). The van der Waals surface area contributed by atoms with Crippen molar-refractivity contribution in [1.82, 2.24) is 0 Å². The lowest BCUT2D eigenvalue weighted by molar-refractivity contribution is -0.121. The summed E-state index contributed by atoms with van der Waals surface area (Å²) in [5.41, 5.74) is 0.266. The normalized spacial score (nSPS) is 13.4. The highest BCUT2D eigenvalue weighted by Crippen LogP contribution is 2.35. The number of carbonyl (C=O) groups excluding carboxylic acids is 3. The largest absolute Gasteiger partial charge is 0.482 e. The van der Waals surface area contributed by atoms with Crippen LogP contribution in [0.2, 0.25) is 0 Å². The van der Waals surface area contributed by atoms with Gasteiger partial charge in [-0.1, -0.05) is 0 Å². The summed E-state index contributed by atoms with van der Waals surface area (Å²) in [6, 6.07) is 7.99. The number of methoxy groups -OCH3 is 1. The number of ether oxygens (including phenoxy) is 3. The average molecular weight is 402 g/mol. The lowest BCUT2D eigenvalue weighted by Gasteiger charge is -2.29. The van der Waals surface area contributed by atoms with Gasteiger partial charge in [0.05, 0.1) is 19.3 Å². The number of fused-ring (bicyclic) bond motifs is 1. The standard InChI is InChI=1S/C20H22N2O7/c1-20(2,3)29-19(25)21-12-5-7-15-14(9-12)22(17(23)11-27-15)10-13-6-8-16(28-13)18(24)26-4/h5-9H,10-11H2,1-4H3,(H,21,25). The van der Waals surface area contributed by atoms with Gasteiger partial charge in [-0.15, -0.1) is 0 Å². The number of benzene rings is 1. The topological polar surface area (TPSA) is 107 Å². The second kappa shape index (κ2) is 7.86. The van der Waals surface area contributed by atoms with E-state index in [0.717, 1.165) is 0 Å². The van der Waals surface area contributed by atoms with Crippen molar-refractivity contribution in [1.29, 1.82) is 0 Å². The van der Waals surface area contributed by atoms with Crippen LogP contribution in [0.3, 0.4) is 0 Å². The summed E-state index contributed by atoms with van der Waals surface area (Å²) in [4.78, 5) is 37.5. The van der Waals surface area contributed by atoms with E-state index in [2.05, 4.69) is 10.1 Å². The highest BCUT2D eigenvalue weighted by molar-refractivity contribution is 5.99. The molecule has 1 aromatic heterocycles. The highest BCUT2D eigenvalue weighted by Gasteiger charge is 2.28. The molecule has 154 valence electrons. The van der Waals surface area contributed by atoms with Crippen LogP contribution < -0.4 is 15.0 Å². The molecule has 1 aromatic carbocycles. The average Bonchev–Trinajstić information content (AvgIpc) is 3.10. The molecule has 9 heteroatoms. The van der Waals surface area contributed by atoms with Crippen molar-refractivity contribution in [3.05, 3.63) is 41.9 Å². The molecule has 0 saturated carbocycles. The number of nitrogens with zero attached hydrogens (tertiary/aromatic N) is 1. The van der Waals surface area contributed by atoms with Gasteiger partial charge in [-0.05, 0) is 51.1 Å². The molecule has 0 spiro atoms. The number of anilines is 2. The van der Waals surface area contributed by atoms with Crippen LogP contribution >= 0.6 is 0 Å². The molecular weight excluding hydrogens is 380 g/mol. The second-order valence-corrected chi connectivity index (χ2v) is 7.34. The van der Waals surface area contributed by atoms with Crippen LogP contribution in [0, 0.1) is 0 Å². The van der Waals surface area contributed by atoms with Gasteiger partial charge in [0.1, 0.15) is 17.1 Å². The summed E-state index contributed by atoms with van der Waals surface area (Å²) >= 11 is 0. The first-order chi connectivity index (χ1) is 13.7. The number of amides is 2. The summed E-state index contributed by atoms with van der Waals surface area (Å²) in [6.07, 6.45) is -0.610. The lowest BCUT2D eigenvalue weighted by atomic mass is 10.2. The van der Waals surface area contributed by atoms with E-state index in [4.69, 9.17) is 13.9 Å². The van der Waals surface area contributed by atoms with Gasteiger partial charge in [-0.2, -0.15) is 0 Å². The Kier molecular flexibility index (Phi) is 5.49. The van der Waals surface area contributed by atoms with Crippen molar-refractivity contribution < 1.29 is 33.0 Å². The third-order valence-corrected chi connectivity index (χ3v) is 3.91. The smallest absolute Gasteiger partial charge is 0.412 e. The predicted octanol–water partition coefficient (Wildman–Crippen LogP) is 3.34. The molecule has 2 heterocycles. The fourth-order valence-electron chi connectivity index (χ4n) is 2.70. The fraction of sp³-hybridized carbons (Fsp3) is 0.350. The third kappa shape index (κ3) is 4.87. The van der Waals surface area contributed by atoms with Gasteiger partial charge < -0.3 is 18.6 Å². The van der Waals surface area contributed by atoms with Gasteiger partial charge in [-0.25, -0.2) is 9.59 Å². The van der Waals surface area contributed by atoms with Crippen LogP contribution in [0.1, 0.15) is 37.1 Å². The fourth-order valence-corrected chi connectivity index (χ4v) is 2.70. The number of furan rings is 1. The first kappa shape index (κ1) is 20.2. The Hall–Kier alpha value is -3.49. The molecule has 2 amide bonds. The maximum atomic E-state index is 12.4. The van der Waals surface area contributed by atoms with Gasteiger partial charge in [0.15, 0.2) is 6.61 Å². The third-order valence-electron chi connectivity index (χ3n) is 3.91. The number of hydrogen-bond donors (Lipinski definition) is 1. The van der Waals surface area contributed by atoms with Crippen LogP contribution in [-0.4, -0.2) is 37.3 Å². The van der Waals surface area contributed by atoms with Crippen molar-refractivity contribution in [2.24, 2.45) is 0 Å². The van der Waals surface area contributed by atoms with Crippen LogP contribution in [-0.2, 0) is 20.8 Å². The van der Waals surface area contributed by atoms with Crippen LogP contribution in [0.25, 0.3) is 0 Å². The van der Waals surface area contributed by atoms with E-state index in [1.54, 1.807) is 45.0 Å². The maximum absolute atomic E-state index is 12.4. The Labute approximate surface area is 167 Å². The molecule has 9 nitrogen and oxygen atoms in total. The van der Waals surface area contributed by atoms with E-state index in [9.17, 15) is 14.4 Å². The Morgan fingerprint density at radius 1 is 1.21 bits per heavy atom. The highest BCUT2D eigenvalue weighted by atomic mass is 16.6. The molecule has 0 aliphatic carbocycles. The minimum absolute atomic E-state index is 0.0452. The minimum atomic E-state index is -0.639. The van der Waals surface area contributed by atoms with E-state index in [0.29, 0.717) is 22.9 Å². The second-order valence-electron chi connectivity index (χ2n) is 7.34. The van der Waals surface area contributed by atoms with Crippen molar-refractivity contribution >= 4 is 29.3 Å². The van der Waals surface area contributed by atoms with Crippen LogP contribution in [0.5, 0.6) is 5.75 Å². The maximum Gasteiger partial charge on any atom is 0.412 e. The number of hydrogen-bond acceptors (Lipinski definition) is 7. The van der Waals surface area contributed by atoms with Gasteiger partial charge in [0.25, 0.3) is 5.91 Å². The Bertz CT molecular complexity index is 943. The Balaban J connectivity index is 1.82. The summed E-state index contributed by atoms with van der Waals surface area (Å²) in [7, 11) is 1.26. The Morgan fingerprint density at radius 3 is 2.66 bits per heavy atom. The predicted molar refractivity (Wildman–Crippen MR) is 103 cm³/mol. The van der Waals surface area contributed by atoms with Crippen LogP contribution in [0.15, 0.2) is 34.7 Å². The molecule has 29 heavy (non-hydrogen) atoms. The van der Waals surface area contributed by atoms with Gasteiger partial charge in [-0.3, -0.25) is 15.0 Å². The zero-order chi connectivity index (χ0) is 21.2. The van der Waals surface area contributed by atoms with Crippen molar-refractivity contribution in [2.45, 2.75) is 32.9 Å². The first-order valence-corrected chi connectivity index (χ1v) is 8.90. The van der Waals surface area contributed by atoms with Gasteiger partial charge in [0.2, 0.25) is 5.76 Å². The molecule has 1 aliphatic rings. The molecule has 2 aromatic rings. The van der Waals surface area contributed by atoms with Crippen molar-refractivity contribution in [2.75, 3.05) is 23.9 Å². The minimum Gasteiger partial charge on any atom is -0.482 e. The summed E-state index contributed by atoms with van der Waals surface area (Å²) in [6.45, 7) is 5.25. The van der Waals surface area contributed by atoms with E-state index < -0.39 is 17.7 Å². The molecular formula is C20H22N2O7. The van der Waals surface area contributed by atoms with Crippen molar-refractivity contribution in [3.63, 3.8) is 0 Å². The number of esters is 1. The quantitative estimate of drug-likeness (QED) is 0.782. The molecule has 1 N–H and O–H groups in total. The van der Waals surface area contributed by atoms with Gasteiger partial charge >= 0.3 is 12.1 Å². The summed E-state index contributed by atoms with van der Waals surface area (Å²) in [5.74, 6) is 0.0386. The van der Waals surface area contributed by atoms with Crippen LogP contribution in [0.4, 0.5) is 16.2 Å². The summed E-state index contributed by atoms with van der Waals surface area (Å²) < 4.78 is 20.8. The molecule has 0 radical (unpaired) electrons. The SMILES string of the molecule is COC(=O)c1ccc(CN2C(=O)COc3ccc(NC(=O)OC(C)(C)C)cc32)o1. The van der Waals surface area contributed by atoms with Crippen molar-refractivity contribution in [3.8, 4) is 5.75 Å². The molecule has 0 unspecified atom stereocenters. The molecule has 0 saturated heterocycles. The molecule has 0 atom stereocenters. The zero-order valence-corrected chi connectivity index (χ0v) is 16.6. The van der Waals surface area contributed by atoms with E-state index >= 15 is 0 Å². The van der Waals surface area contributed by atoms with E-state index in [1.165, 1.54) is 18.1 Å². The molecule has 1 aliphatic heterocycles. The number of nitrogens with one attached hydrogen (secondary N) is 1. The van der Waals surface area contributed by atoms with Gasteiger partial charge in [0, 0.05) is 5.69 Å². The number of rotatable bonds is 4. The first-order valence-electron chi connectivity index (χ1n) is 8.90.